The molecule has 0 radical (unpaired) electrons. The van der Waals surface area contributed by atoms with Crippen LogP contribution >= 0.6 is 11.8 Å². The lowest BCUT2D eigenvalue weighted by Crippen LogP contribution is -2.04. The van der Waals surface area contributed by atoms with Crippen LogP contribution in [0.5, 0.6) is 0 Å². The summed E-state index contributed by atoms with van der Waals surface area (Å²) in [5.41, 5.74) is 3.03. The van der Waals surface area contributed by atoms with E-state index in [1.165, 1.54) is 35.3 Å². The maximum Gasteiger partial charge on any atom is 0.130 e. The van der Waals surface area contributed by atoms with E-state index in [9.17, 15) is 0 Å². The van der Waals surface area contributed by atoms with Gasteiger partial charge in [-0.2, -0.15) is 0 Å². The predicted octanol–water partition coefficient (Wildman–Crippen LogP) is 4.25. The fraction of sp³-hybridized carbons (Fsp3) is 0.412. The molecule has 3 nitrogen and oxygen atoms in total. The van der Waals surface area contributed by atoms with Gasteiger partial charge in [0, 0.05) is 17.5 Å². The van der Waals surface area contributed by atoms with Crippen LogP contribution < -0.4 is 5.32 Å². The van der Waals surface area contributed by atoms with Gasteiger partial charge in [0.2, 0.25) is 0 Å². The van der Waals surface area contributed by atoms with Crippen LogP contribution in [0.25, 0.3) is 0 Å². The van der Waals surface area contributed by atoms with Gasteiger partial charge in [0.15, 0.2) is 0 Å². The van der Waals surface area contributed by atoms with Crippen LogP contribution in [0, 0.1) is 6.92 Å². The first-order valence-corrected chi connectivity index (χ1v) is 8.45. The molecule has 1 aliphatic carbocycles. The fourth-order valence-corrected chi connectivity index (χ4v) is 3.60. The molecule has 4 heteroatoms. The molecule has 0 amide bonds. The van der Waals surface area contributed by atoms with E-state index in [4.69, 9.17) is 0 Å². The minimum absolute atomic E-state index is 0.819. The highest BCUT2D eigenvalue weighted by molar-refractivity contribution is 7.99. The number of hydrogen-bond acceptors (Lipinski definition) is 4. The molecule has 21 heavy (non-hydrogen) atoms. The second kappa shape index (κ2) is 6.48. The Morgan fingerprint density at radius 3 is 2.86 bits per heavy atom. The number of aryl methyl sites for hydroxylation is 3. The second-order valence-electron chi connectivity index (χ2n) is 5.45. The van der Waals surface area contributed by atoms with Crippen LogP contribution in [-0.2, 0) is 12.8 Å². The fourth-order valence-electron chi connectivity index (χ4n) is 2.67. The minimum Gasteiger partial charge on any atom is -0.370 e. The average molecular weight is 299 g/mol. The van der Waals surface area contributed by atoms with E-state index >= 15 is 0 Å². The van der Waals surface area contributed by atoms with Crippen molar-refractivity contribution in [1.29, 1.82) is 0 Å². The first kappa shape index (κ1) is 14.4. The van der Waals surface area contributed by atoms with Gasteiger partial charge < -0.3 is 5.32 Å². The molecule has 0 saturated carbocycles. The number of aromatic nitrogens is 2. The smallest absolute Gasteiger partial charge is 0.130 e. The Hall–Kier alpha value is -1.55. The summed E-state index contributed by atoms with van der Waals surface area (Å²) in [7, 11) is 0. The SMILES string of the molecule is CCCNc1cc(Sc2ccc3c(c2)CCC3)nc(C)n1. The Kier molecular flexibility index (Phi) is 4.44. The summed E-state index contributed by atoms with van der Waals surface area (Å²) < 4.78 is 0. The molecule has 1 aromatic carbocycles. The van der Waals surface area contributed by atoms with Crippen molar-refractivity contribution in [2.24, 2.45) is 0 Å². The van der Waals surface area contributed by atoms with Crippen LogP contribution in [0.3, 0.4) is 0 Å². The number of anilines is 1. The quantitative estimate of drug-likeness (QED) is 0.838. The highest BCUT2D eigenvalue weighted by Gasteiger charge is 2.12. The van der Waals surface area contributed by atoms with E-state index in [1.807, 2.05) is 13.0 Å². The van der Waals surface area contributed by atoms with Crippen LogP contribution in [0.1, 0.15) is 36.7 Å². The highest BCUT2D eigenvalue weighted by Crippen LogP contribution is 2.31. The molecular formula is C17H21N3S. The van der Waals surface area contributed by atoms with E-state index in [0.717, 1.165) is 29.6 Å². The zero-order valence-electron chi connectivity index (χ0n) is 12.6. The van der Waals surface area contributed by atoms with Crippen molar-refractivity contribution in [2.45, 2.75) is 49.5 Å². The summed E-state index contributed by atoms with van der Waals surface area (Å²) in [5.74, 6) is 1.74. The summed E-state index contributed by atoms with van der Waals surface area (Å²) in [6.45, 7) is 5.05. The van der Waals surface area contributed by atoms with Gasteiger partial charge in [0.1, 0.15) is 16.7 Å². The van der Waals surface area contributed by atoms with E-state index in [0.29, 0.717) is 0 Å². The molecule has 1 aromatic heterocycles. The van der Waals surface area contributed by atoms with Gasteiger partial charge in [0.05, 0.1) is 0 Å². The zero-order chi connectivity index (χ0) is 14.7. The Morgan fingerprint density at radius 1 is 1.14 bits per heavy atom. The van der Waals surface area contributed by atoms with Crippen LogP contribution in [0.15, 0.2) is 34.2 Å². The van der Waals surface area contributed by atoms with Gasteiger partial charge >= 0.3 is 0 Å². The van der Waals surface area contributed by atoms with Crippen LogP contribution in [-0.4, -0.2) is 16.5 Å². The number of nitrogens with one attached hydrogen (secondary N) is 1. The Morgan fingerprint density at radius 2 is 2.00 bits per heavy atom. The molecule has 0 aliphatic heterocycles. The zero-order valence-corrected chi connectivity index (χ0v) is 13.5. The van der Waals surface area contributed by atoms with Crippen molar-refractivity contribution in [1.82, 2.24) is 9.97 Å². The molecule has 0 spiro atoms. The summed E-state index contributed by atoms with van der Waals surface area (Å²) in [4.78, 5) is 10.3. The van der Waals surface area contributed by atoms with Crippen molar-refractivity contribution in [3.63, 3.8) is 0 Å². The molecule has 2 aromatic rings. The molecule has 1 N–H and O–H groups in total. The lowest BCUT2D eigenvalue weighted by atomic mass is 10.1. The van der Waals surface area contributed by atoms with E-state index < -0.39 is 0 Å². The number of benzene rings is 1. The summed E-state index contributed by atoms with van der Waals surface area (Å²) in [6, 6.07) is 8.85. The first-order chi connectivity index (χ1) is 10.2. The standard InChI is InChI=1S/C17H21N3S/c1-3-9-18-16-11-17(20-12(2)19-16)21-15-8-7-13-5-4-6-14(13)10-15/h7-8,10-11H,3-6,9H2,1-2H3,(H,18,19,20). The van der Waals surface area contributed by atoms with Crippen LogP contribution in [0.2, 0.25) is 0 Å². The highest BCUT2D eigenvalue weighted by atomic mass is 32.2. The third-order valence-electron chi connectivity index (χ3n) is 3.66. The van der Waals surface area contributed by atoms with E-state index in [1.54, 1.807) is 11.8 Å². The van der Waals surface area contributed by atoms with Crippen molar-refractivity contribution >= 4 is 17.6 Å². The van der Waals surface area contributed by atoms with Crippen LogP contribution in [0.4, 0.5) is 5.82 Å². The Balaban J connectivity index is 1.79. The molecule has 110 valence electrons. The largest absolute Gasteiger partial charge is 0.370 e. The average Bonchev–Trinajstić information content (AvgIpc) is 2.92. The lowest BCUT2D eigenvalue weighted by Gasteiger charge is -2.08. The number of rotatable bonds is 5. The van der Waals surface area contributed by atoms with E-state index in [2.05, 4.69) is 40.4 Å². The number of hydrogen-bond donors (Lipinski definition) is 1. The molecular weight excluding hydrogens is 278 g/mol. The third kappa shape index (κ3) is 3.56. The van der Waals surface area contributed by atoms with Crippen molar-refractivity contribution in [3.05, 3.63) is 41.2 Å². The minimum atomic E-state index is 0.819. The van der Waals surface area contributed by atoms with Gasteiger partial charge in [-0.15, -0.1) is 0 Å². The summed E-state index contributed by atoms with van der Waals surface area (Å²) >= 11 is 1.72. The van der Waals surface area contributed by atoms with Crippen molar-refractivity contribution in [3.8, 4) is 0 Å². The number of nitrogens with zero attached hydrogens (tertiary/aromatic N) is 2. The predicted molar refractivity (Wildman–Crippen MR) is 88.1 cm³/mol. The summed E-state index contributed by atoms with van der Waals surface area (Å²) in [5, 5.41) is 4.35. The normalized spacial score (nSPS) is 13.2. The summed E-state index contributed by atoms with van der Waals surface area (Å²) in [6.07, 6.45) is 4.84. The van der Waals surface area contributed by atoms with Gasteiger partial charge in [0.25, 0.3) is 0 Å². The topological polar surface area (TPSA) is 37.8 Å². The molecule has 3 rings (SSSR count). The molecule has 1 aliphatic rings. The van der Waals surface area contributed by atoms with Gasteiger partial charge in [-0.05, 0) is 55.9 Å². The van der Waals surface area contributed by atoms with E-state index in [-0.39, 0.29) is 0 Å². The lowest BCUT2D eigenvalue weighted by molar-refractivity contribution is 0.911. The van der Waals surface area contributed by atoms with Gasteiger partial charge in [-0.3, -0.25) is 0 Å². The van der Waals surface area contributed by atoms with Crippen molar-refractivity contribution in [2.75, 3.05) is 11.9 Å². The first-order valence-electron chi connectivity index (χ1n) is 7.64. The second-order valence-corrected chi connectivity index (χ2v) is 6.55. The molecule has 1 heterocycles. The third-order valence-corrected chi connectivity index (χ3v) is 4.57. The molecule has 0 saturated heterocycles. The molecule has 0 fully saturated rings. The van der Waals surface area contributed by atoms with Crippen molar-refractivity contribution < 1.29 is 0 Å². The Bertz CT molecular complexity index is 640. The number of fused-ring (bicyclic) bond motifs is 1. The molecule has 0 atom stereocenters. The van der Waals surface area contributed by atoms with Gasteiger partial charge in [-0.1, -0.05) is 24.8 Å². The molecule has 0 unspecified atom stereocenters. The maximum atomic E-state index is 4.54. The monoisotopic (exact) mass is 299 g/mol. The Labute approximate surface area is 130 Å². The maximum absolute atomic E-state index is 4.54. The van der Waals surface area contributed by atoms with Gasteiger partial charge in [-0.25, -0.2) is 9.97 Å². The molecule has 0 bridgehead atoms.